The Morgan fingerprint density at radius 2 is 1.75 bits per heavy atom. The van der Waals surface area contributed by atoms with Crippen molar-refractivity contribution in [2.24, 2.45) is 0 Å². The summed E-state index contributed by atoms with van der Waals surface area (Å²) in [6, 6.07) is 15.1. The molecule has 2 aromatic carbocycles. The lowest BCUT2D eigenvalue weighted by molar-refractivity contribution is 0.591. The van der Waals surface area contributed by atoms with Crippen molar-refractivity contribution in [1.29, 1.82) is 0 Å². The van der Waals surface area contributed by atoms with Gasteiger partial charge in [0.15, 0.2) is 11.0 Å². The van der Waals surface area contributed by atoms with Crippen molar-refractivity contribution in [3.63, 3.8) is 0 Å². The molecule has 4 rings (SSSR count). The molecule has 140 valence electrons. The van der Waals surface area contributed by atoms with Gasteiger partial charge in [-0.15, -0.1) is 10.2 Å². The zero-order valence-electron chi connectivity index (χ0n) is 15.0. The van der Waals surface area contributed by atoms with Gasteiger partial charge in [0.1, 0.15) is 11.6 Å². The number of nitrogens with zero attached hydrogens (tertiary/aromatic N) is 4. The van der Waals surface area contributed by atoms with E-state index >= 15 is 0 Å². The van der Waals surface area contributed by atoms with Crippen molar-refractivity contribution in [1.82, 2.24) is 19.7 Å². The van der Waals surface area contributed by atoms with Crippen molar-refractivity contribution in [3.8, 4) is 17.1 Å². The number of aromatic nitrogens is 4. The molecule has 0 spiro atoms. The summed E-state index contributed by atoms with van der Waals surface area (Å²) in [5, 5.41) is 9.27. The van der Waals surface area contributed by atoms with Crippen LogP contribution >= 0.6 is 11.8 Å². The van der Waals surface area contributed by atoms with Crippen LogP contribution in [0, 0.1) is 18.6 Å². The highest BCUT2D eigenvalue weighted by Crippen LogP contribution is 2.31. The summed E-state index contributed by atoms with van der Waals surface area (Å²) in [5.74, 6) is 0.00297. The fourth-order valence-corrected chi connectivity index (χ4v) is 3.80. The highest BCUT2D eigenvalue weighted by atomic mass is 32.2. The van der Waals surface area contributed by atoms with Gasteiger partial charge in [-0.25, -0.2) is 8.78 Å². The minimum Gasteiger partial charge on any atom is -0.270 e. The predicted octanol–water partition coefficient (Wildman–Crippen LogP) is 5.21. The van der Waals surface area contributed by atoms with E-state index in [1.165, 1.54) is 17.8 Å². The lowest BCUT2D eigenvalue weighted by Gasteiger charge is -2.13. The van der Waals surface area contributed by atoms with Gasteiger partial charge in [-0.1, -0.05) is 30.0 Å². The summed E-state index contributed by atoms with van der Waals surface area (Å²) in [7, 11) is 0. The third-order valence-electron chi connectivity index (χ3n) is 4.29. The molecule has 28 heavy (non-hydrogen) atoms. The third-order valence-corrected chi connectivity index (χ3v) is 5.27. The maximum absolute atomic E-state index is 14.0. The predicted molar refractivity (Wildman–Crippen MR) is 105 cm³/mol. The molecule has 0 aliphatic rings. The first-order valence-corrected chi connectivity index (χ1v) is 9.60. The molecule has 7 heteroatoms. The monoisotopic (exact) mass is 394 g/mol. The summed E-state index contributed by atoms with van der Waals surface area (Å²) >= 11 is 1.31. The Hall–Kier alpha value is -3.06. The molecule has 4 aromatic rings. The molecule has 0 aliphatic carbocycles. The molecule has 0 atom stereocenters. The first-order valence-electron chi connectivity index (χ1n) is 8.62. The summed E-state index contributed by atoms with van der Waals surface area (Å²) < 4.78 is 29.4. The zero-order chi connectivity index (χ0) is 19.5. The van der Waals surface area contributed by atoms with E-state index in [2.05, 4.69) is 15.2 Å². The number of rotatable bonds is 5. The Labute approximate surface area is 165 Å². The van der Waals surface area contributed by atoms with Gasteiger partial charge in [0, 0.05) is 29.3 Å². The topological polar surface area (TPSA) is 43.6 Å². The molecule has 0 N–H and O–H groups in total. The second kappa shape index (κ2) is 7.90. The number of pyridine rings is 1. The first-order chi connectivity index (χ1) is 13.6. The average Bonchev–Trinajstić information content (AvgIpc) is 3.13. The fourth-order valence-electron chi connectivity index (χ4n) is 2.88. The number of thioether (sulfide) groups is 1. The molecular weight excluding hydrogens is 378 g/mol. The van der Waals surface area contributed by atoms with Gasteiger partial charge in [0.25, 0.3) is 0 Å². The number of hydrogen-bond acceptors (Lipinski definition) is 4. The van der Waals surface area contributed by atoms with Crippen molar-refractivity contribution in [2.45, 2.75) is 17.8 Å². The molecule has 0 saturated carbocycles. The SMILES string of the molecule is Cc1ccccc1-n1c(SCc2cc(F)ccc2F)nnc1-c1ccncc1. The maximum Gasteiger partial charge on any atom is 0.196 e. The molecule has 2 heterocycles. The van der Waals surface area contributed by atoms with Crippen LogP contribution in [0.3, 0.4) is 0 Å². The van der Waals surface area contributed by atoms with Crippen LogP contribution in [0.5, 0.6) is 0 Å². The Balaban J connectivity index is 1.76. The van der Waals surface area contributed by atoms with E-state index in [4.69, 9.17) is 0 Å². The van der Waals surface area contributed by atoms with Crippen LogP contribution in [-0.4, -0.2) is 19.7 Å². The van der Waals surface area contributed by atoms with Crippen molar-refractivity contribution < 1.29 is 8.78 Å². The smallest absolute Gasteiger partial charge is 0.196 e. The van der Waals surface area contributed by atoms with E-state index in [9.17, 15) is 8.78 Å². The van der Waals surface area contributed by atoms with Crippen LogP contribution in [0.4, 0.5) is 8.78 Å². The molecule has 0 fully saturated rings. The van der Waals surface area contributed by atoms with E-state index in [0.717, 1.165) is 28.9 Å². The highest BCUT2D eigenvalue weighted by Gasteiger charge is 2.18. The first kappa shape index (κ1) is 18.3. The quantitative estimate of drug-likeness (QED) is 0.436. The van der Waals surface area contributed by atoms with Crippen molar-refractivity contribution in [3.05, 3.63) is 89.8 Å². The van der Waals surface area contributed by atoms with Crippen molar-refractivity contribution in [2.75, 3.05) is 0 Å². The normalized spacial score (nSPS) is 11.0. The average molecular weight is 394 g/mol. The van der Waals surface area contributed by atoms with Gasteiger partial charge in [0.2, 0.25) is 0 Å². The molecule has 4 nitrogen and oxygen atoms in total. The largest absolute Gasteiger partial charge is 0.270 e. The number of halogens is 2. The maximum atomic E-state index is 14.0. The van der Waals surface area contributed by atoms with Crippen LogP contribution in [0.25, 0.3) is 17.1 Å². The van der Waals surface area contributed by atoms with Crippen LogP contribution < -0.4 is 0 Å². The third kappa shape index (κ3) is 3.66. The minimum atomic E-state index is -0.463. The second-order valence-electron chi connectivity index (χ2n) is 6.19. The molecule has 0 aliphatic heterocycles. The van der Waals surface area contributed by atoms with Gasteiger partial charge in [-0.3, -0.25) is 9.55 Å². The van der Waals surface area contributed by atoms with E-state index in [0.29, 0.717) is 11.0 Å². The minimum absolute atomic E-state index is 0.240. The van der Waals surface area contributed by atoms with Crippen LogP contribution in [0.2, 0.25) is 0 Å². The zero-order valence-corrected chi connectivity index (χ0v) is 15.8. The summed E-state index contributed by atoms with van der Waals surface area (Å²) in [6.45, 7) is 2.01. The van der Waals surface area contributed by atoms with Crippen molar-refractivity contribution >= 4 is 11.8 Å². The number of hydrogen-bond donors (Lipinski definition) is 0. The molecule has 0 unspecified atom stereocenters. The number of para-hydroxylation sites is 1. The molecular formula is C21H16F2N4S. The lowest BCUT2D eigenvalue weighted by atomic mass is 10.2. The fraction of sp³-hybridized carbons (Fsp3) is 0.0952. The lowest BCUT2D eigenvalue weighted by Crippen LogP contribution is -2.02. The van der Waals surface area contributed by atoms with E-state index in [-0.39, 0.29) is 11.3 Å². The van der Waals surface area contributed by atoms with Gasteiger partial charge < -0.3 is 0 Å². The standard InChI is InChI=1S/C21H16F2N4S/c1-14-4-2-3-5-19(14)27-20(15-8-10-24-11-9-15)25-26-21(27)28-13-16-12-17(22)6-7-18(16)23/h2-12H,13H2,1H3. The summed E-state index contributed by atoms with van der Waals surface area (Å²) in [6.07, 6.45) is 3.39. The van der Waals surface area contributed by atoms with E-state index < -0.39 is 11.6 Å². The number of aryl methyl sites for hydroxylation is 1. The Morgan fingerprint density at radius 1 is 0.964 bits per heavy atom. The van der Waals surface area contributed by atoms with E-state index in [1.807, 2.05) is 47.9 Å². The summed E-state index contributed by atoms with van der Waals surface area (Å²) in [5.41, 5.74) is 3.14. The Kier molecular flexibility index (Phi) is 5.16. The Bertz CT molecular complexity index is 1110. The van der Waals surface area contributed by atoms with Crippen LogP contribution in [0.1, 0.15) is 11.1 Å². The van der Waals surface area contributed by atoms with Crippen LogP contribution in [-0.2, 0) is 5.75 Å². The van der Waals surface area contributed by atoms with E-state index in [1.54, 1.807) is 12.4 Å². The van der Waals surface area contributed by atoms with Gasteiger partial charge in [-0.05, 0) is 48.9 Å². The number of benzene rings is 2. The van der Waals surface area contributed by atoms with Gasteiger partial charge >= 0.3 is 0 Å². The molecule has 0 amide bonds. The summed E-state index contributed by atoms with van der Waals surface area (Å²) in [4.78, 5) is 4.05. The Morgan fingerprint density at radius 3 is 2.54 bits per heavy atom. The van der Waals surface area contributed by atoms with Gasteiger partial charge in [-0.2, -0.15) is 0 Å². The second-order valence-corrected chi connectivity index (χ2v) is 7.13. The van der Waals surface area contributed by atoms with Crippen LogP contribution in [0.15, 0.2) is 72.1 Å². The molecule has 2 aromatic heterocycles. The molecule has 0 radical (unpaired) electrons. The molecule has 0 saturated heterocycles. The van der Waals surface area contributed by atoms with Gasteiger partial charge in [0.05, 0.1) is 5.69 Å². The molecule has 0 bridgehead atoms. The highest BCUT2D eigenvalue weighted by molar-refractivity contribution is 7.98.